The van der Waals surface area contributed by atoms with Crippen molar-refractivity contribution in [1.29, 1.82) is 0 Å². The van der Waals surface area contributed by atoms with Crippen LogP contribution in [0.2, 0.25) is 0 Å². The van der Waals surface area contributed by atoms with Gasteiger partial charge in [0.1, 0.15) is 16.4 Å². The van der Waals surface area contributed by atoms with Crippen LogP contribution in [0.25, 0.3) is 0 Å². The minimum atomic E-state index is -3.91. The molecule has 1 unspecified atom stereocenters. The number of hydrogen-bond acceptors (Lipinski definition) is 5. The Balaban J connectivity index is 1.54. The number of hydrogen-bond donors (Lipinski definition) is 1. The maximum atomic E-state index is 13.4. The van der Waals surface area contributed by atoms with E-state index in [0.29, 0.717) is 28.9 Å². The van der Waals surface area contributed by atoms with E-state index in [0.717, 1.165) is 28.6 Å². The zero-order valence-electron chi connectivity index (χ0n) is 19.8. The molecule has 1 aliphatic heterocycles. The lowest BCUT2D eigenvalue weighted by atomic mass is 10.0. The zero-order chi connectivity index (χ0) is 25.9. The van der Waals surface area contributed by atoms with Gasteiger partial charge < -0.3 is 14.4 Å². The molecule has 0 aromatic heterocycles. The molecule has 1 aliphatic rings. The lowest BCUT2D eigenvalue weighted by Crippen LogP contribution is -2.30. The Bertz CT molecular complexity index is 1360. The summed E-state index contributed by atoms with van der Waals surface area (Å²) >= 11 is 6.83. The average molecular weight is 638 g/mol. The molecule has 1 saturated heterocycles. The number of ether oxygens (including phenoxy) is 2. The first-order chi connectivity index (χ1) is 17.2. The molecule has 10 heteroatoms. The number of anilines is 1. The summed E-state index contributed by atoms with van der Waals surface area (Å²) in [5, 5.41) is 0. The molecule has 0 radical (unpaired) electrons. The van der Waals surface area contributed by atoms with Crippen LogP contribution in [0.15, 0.2) is 74.5 Å². The molecule has 3 aromatic carbocycles. The van der Waals surface area contributed by atoms with E-state index in [-0.39, 0.29) is 22.6 Å². The number of nitrogens with one attached hydrogen (secondary N) is 1. The summed E-state index contributed by atoms with van der Waals surface area (Å²) in [7, 11) is -2.29. The Morgan fingerprint density at radius 1 is 1.03 bits per heavy atom. The van der Waals surface area contributed by atoms with Gasteiger partial charge >= 0.3 is 0 Å². The minimum absolute atomic E-state index is 0.0294. The van der Waals surface area contributed by atoms with E-state index in [1.807, 2.05) is 23.1 Å². The summed E-state index contributed by atoms with van der Waals surface area (Å²) in [4.78, 5) is 15.3. The molecule has 1 amide bonds. The van der Waals surface area contributed by atoms with Gasteiger partial charge in [-0.1, -0.05) is 31.9 Å². The van der Waals surface area contributed by atoms with Crippen molar-refractivity contribution in [3.8, 4) is 11.5 Å². The molecule has 3 aromatic rings. The molecule has 1 atom stereocenters. The smallest absolute Gasteiger partial charge is 0.265 e. The van der Waals surface area contributed by atoms with E-state index in [2.05, 4.69) is 36.6 Å². The van der Waals surface area contributed by atoms with Crippen LogP contribution in [0.4, 0.5) is 5.69 Å². The minimum Gasteiger partial charge on any atom is -0.496 e. The maximum absolute atomic E-state index is 13.4. The molecule has 4 rings (SSSR count). The third-order valence-electron chi connectivity index (χ3n) is 5.94. The molecule has 1 fully saturated rings. The quantitative estimate of drug-likeness (QED) is 0.309. The van der Waals surface area contributed by atoms with Crippen LogP contribution in [-0.4, -0.2) is 39.5 Å². The van der Waals surface area contributed by atoms with E-state index in [1.165, 1.54) is 6.07 Å². The highest BCUT2D eigenvalue weighted by molar-refractivity contribution is 9.10. The highest BCUT2D eigenvalue weighted by Crippen LogP contribution is 2.39. The van der Waals surface area contributed by atoms with Crippen LogP contribution < -0.4 is 14.2 Å². The monoisotopic (exact) mass is 636 g/mol. The van der Waals surface area contributed by atoms with Crippen LogP contribution in [-0.2, 0) is 10.0 Å². The van der Waals surface area contributed by atoms with Gasteiger partial charge in [0, 0.05) is 32.3 Å². The van der Waals surface area contributed by atoms with Gasteiger partial charge in [-0.3, -0.25) is 9.52 Å². The van der Waals surface area contributed by atoms with E-state index in [9.17, 15) is 13.2 Å². The normalized spacial score (nSPS) is 15.6. The van der Waals surface area contributed by atoms with Gasteiger partial charge in [0.15, 0.2) is 0 Å². The predicted molar refractivity (Wildman–Crippen MR) is 146 cm³/mol. The number of benzene rings is 3. The second kappa shape index (κ2) is 11.2. The number of carbonyl (C=O) groups is 1. The number of likely N-dealkylation sites (tertiary alicyclic amines) is 1. The molecule has 0 spiro atoms. The SMILES string of the molecule is CCOc1ccc(Br)cc1S(=O)(=O)Nc1ccc(C(=O)N2CCCC2c2cc(Br)ccc2OC)cc1. The standard InChI is InChI=1S/C26H26Br2N2O5S/c1-3-35-24-13-9-19(28)16-25(24)36(32,33)29-20-10-6-17(7-11-20)26(31)30-14-4-5-22(30)21-15-18(27)8-12-23(21)34-2/h6-13,15-16,22,29H,3-5,14H2,1-2H3. The highest BCUT2D eigenvalue weighted by atomic mass is 79.9. The van der Waals surface area contributed by atoms with E-state index >= 15 is 0 Å². The molecule has 1 heterocycles. The predicted octanol–water partition coefficient (Wildman–Crippen LogP) is 6.40. The summed E-state index contributed by atoms with van der Waals surface area (Å²) in [6, 6.07) is 17.0. The van der Waals surface area contributed by atoms with E-state index < -0.39 is 10.0 Å². The first kappa shape index (κ1) is 26.5. The van der Waals surface area contributed by atoms with Gasteiger partial charge in [-0.05, 0) is 80.4 Å². The van der Waals surface area contributed by atoms with Crippen LogP contribution in [0.5, 0.6) is 11.5 Å². The number of nitrogens with zero attached hydrogens (tertiary/aromatic N) is 1. The molecule has 7 nitrogen and oxygen atoms in total. The van der Waals surface area contributed by atoms with Crippen molar-refractivity contribution in [2.45, 2.75) is 30.7 Å². The molecule has 36 heavy (non-hydrogen) atoms. The summed E-state index contributed by atoms with van der Waals surface area (Å²) in [6.07, 6.45) is 1.73. The fourth-order valence-corrected chi connectivity index (χ4v) is 6.44. The highest BCUT2D eigenvalue weighted by Gasteiger charge is 2.32. The average Bonchev–Trinajstić information content (AvgIpc) is 3.35. The van der Waals surface area contributed by atoms with Crippen LogP contribution in [0.3, 0.4) is 0 Å². The number of halogens is 2. The second-order valence-electron chi connectivity index (χ2n) is 8.25. The topological polar surface area (TPSA) is 84.9 Å². The van der Waals surface area contributed by atoms with Crippen molar-refractivity contribution in [2.75, 3.05) is 25.0 Å². The Morgan fingerprint density at radius 3 is 2.36 bits per heavy atom. The summed E-state index contributed by atoms with van der Waals surface area (Å²) in [6.45, 7) is 2.76. The molecular weight excluding hydrogens is 612 g/mol. The fourth-order valence-electron chi connectivity index (χ4n) is 4.32. The lowest BCUT2D eigenvalue weighted by Gasteiger charge is -2.26. The van der Waals surface area contributed by atoms with E-state index in [4.69, 9.17) is 9.47 Å². The largest absolute Gasteiger partial charge is 0.496 e. The van der Waals surface area contributed by atoms with Crippen LogP contribution in [0.1, 0.15) is 41.7 Å². The first-order valence-corrected chi connectivity index (χ1v) is 14.5. The second-order valence-corrected chi connectivity index (χ2v) is 11.7. The van der Waals surface area contributed by atoms with E-state index in [1.54, 1.807) is 50.4 Å². The Morgan fingerprint density at radius 2 is 1.69 bits per heavy atom. The van der Waals surface area contributed by atoms with Crippen molar-refractivity contribution >= 4 is 53.5 Å². The van der Waals surface area contributed by atoms with Crippen molar-refractivity contribution in [1.82, 2.24) is 4.90 Å². The number of rotatable bonds is 8. The van der Waals surface area contributed by atoms with Gasteiger partial charge in [-0.2, -0.15) is 0 Å². The van der Waals surface area contributed by atoms with Gasteiger partial charge in [0.25, 0.3) is 15.9 Å². The van der Waals surface area contributed by atoms with Crippen LogP contribution in [0, 0.1) is 0 Å². The molecule has 0 aliphatic carbocycles. The number of sulfonamides is 1. The number of amides is 1. The molecule has 0 bridgehead atoms. The molecular formula is C26H26Br2N2O5S. The third-order valence-corrected chi connectivity index (χ3v) is 8.33. The van der Waals surface area contributed by atoms with Crippen molar-refractivity contribution < 1.29 is 22.7 Å². The number of carbonyl (C=O) groups excluding carboxylic acids is 1. The maximum Gasteiger partial charge on any atom is 0.265 e. The van der Waals surface area contributed by atoms with Gasteiger partial charge in [0.05, 0.1) is 19.8 Å². The summed E-state index contributed by atoms with van der Waals surface area (Å²) in [5.74, 6) is 0.897. The Hall–Kier alpha value is -2.56. The van der Waals surface area contributed by atoms with Gasteiger partial charge in [-0.25, -0.2) is 8.42 Å². The lowest BCUT2D eigenvalue weighted by molar-refractivity contribution is 0.0734. The summed E-state index contributed by atoms with van der Waals surface area (Å²) in [5.41, 5.74) is 1.79. The van der Waals surface area contributed by atoms with Crippen molar-refractivity contribution in [3.63, 3.8) is 0 Å². The number of methoxy groups -OCH3 is 1. The summed E-state index contributed by atoms with van der Waals surface area (Å²) < 4.78 is 41.3. The van der Waals surface area contributed by atoms with Gasteiger partial charge in [0.2, 0.25) is 0 Å². The van der Waals surface area contributed by atoms with Crippen molar-refractivity contribution in [3.05, 3.63) is 80.7 Å². The first-order valence-electron chi connectivity index (χ1n) is 11.4. The van der Waals surface area contributed by atoms with Crippen molar-refractivity contribution in [2.24, 2.45) is 0 Å². The van der Waals surface area contributed by atoms with Gasteiger partial charge in [-0.15, -0.1) is 0 Å². The Labute approximate surface area is 228 Å². The Kier molecular flexibility index (Phi) is 8.27. The zero-order valence-corrected chi connectivity index (χ0v) is 23.8. The van der Waals surface area contributed by atoms with Crippen LogP contribution >= 0.6 is 31.9 Å². The molecule has 0 saturated carbocycles. The molecule has 190 valence electrons. The third kappa shape index (κ3) is 5.71. The molecule has 1 N–H and O–H groups in total. The fraction of sp³-hybridized carbons (Fsp3) is 0.269.